The van der Waals surface area contributed by atoms with E-state index >= 15 is 0 Å². The second-order valence-electron chi connectivity index (χ2n) is 6.92. The maximum absolute atomic E-state index is 12.3. The van der Waals surface area contributed by atoms with Gasteiger partial charge < -0.3 is 9.84 Å². The summed E-state index contributed by atoms with van der Waals surface area (Å²) in [7, 11) is 0. The minimum atomic E-state index is -0.462. The molecule has 0 saturated carbocycles. The lowest BCUT2D eigenvalue weighted by Crippen LogP contribution is -2.09. The zero-order valence-corrected chi connectivity index (χ0v) is 16.1. The standard InChI is InChI=1S/C24H22O4/c1-15-12-20(8-10-22(15)26)17(3)21-9-11-23(16(2)13-21)28-24(27)19-6-4-18(14-25)5-7-19/h4-14,17,26H,1-3H3. The van der Waals surface area contributed by atoms with Gasteiger partial charge in [-0.05, 0) is 60.4 Å². The van der Waals surface area contributed by atoms with Crippen molar-refractivity contribution in [1.82, 2.24) is 0 Å². The predicted molar refractivity (Wildman–Crippen MR) is 108 cm³/mol. The molecule has 1 N–H and O–H groups in total. The molecule has 0 spiro atoms. The first-order chi connectivity index (χ1) is 13.4. The van der Waals surface area contributed by atoms with Crippen LogP contribution >= 0.6 is 0 Å². The van der Waals surface area contributed by atoms with Crippen LogP contribution in [-0.2, 0) is 0 Å². The van der Waals surface area contributed by atoms with E-state index in [1.54, 1.807) is 36.4 Å². The van der Waals surface area contributed by atoms with Gasteiger partial charge in [0.25, 0.3) is 0 Å². The molecule has 0 heterocycles. The Bertz CT molecular complexity index is 1020. The van der Waals surface area contributed by atoms with E-state index in [0.717, 1.165) is 28.5 Å². The highest BCUT2D eigenvalue weighted by atomic mass is 16.5. The summed E-state index contributed by atoms with van der Waals surface area (Å²) in [4.78, 5) is 23.1. The van der Waals surface area contributed by atoms with Gasteiger partial charge in [0.2, 0.25) is 0 Å². The zero-order chi connectivity index (χ0) is 20.3. The molecule has 1 unspecified atom stereocenters. The van der Waals surface area contributed by atoms with Crippen LogP contribution in [0.5, 0.6) is 11.5 Å². The summed E-state index contributed by atoms with van der Waals surface area (Å²) in [6.45, 7) is 5.87. The summed E-state index contributed by atoms with van der Waals surface area (Å²) in [6.07, 6.45) is 0.731. The third-order valence-corrected chi connectivity index (χ3v) is 4.90. The van der Waals surface area contributed by atoms with Crippen LogP contribution in [0.2, 0.25) is 0 Å². The summed E-state index contributed by atoms with van der Waals surface area (Å²) >= 11 is 0. The van der Waals surface area contributed by atoms with Gasteiger partial charge in [-0.15, -0.1) is 0 Å². The Morgan fingerprint density at radius 2 is 1.54 bits per heavy atom. The largest absolute Gasteiger partial charge is 0.508 e. The van der Waals surface area contributed by atoms with Crippen LogP contribution in [0, 0.1) is 13.8 Å². The smallest absolute Gasteiger partial charge is 0.343 e. The van der Waals surface area contributed by atoms with Gasteiger partial charge in [-0.25, -0.2) is 4.79 Å². The zero-order valence-electron chi connectivity index (χ0n) is 16.1. The van der Waals surface area contributed by atoms with Gasteiger partial charge in [-0.1, -0.05) is 43.3 Å². The molecule has 0 aliphatic rings. The lowest BCUT2D eigenvalue weighted by atomic mass is 9.91. The summed E-state index contributed by atoms with van der Waals surface area (Å²) in [6, 6.07) is 17.7. The molecular weight excluding hydrogens is 352 g/mol. The number of carbonyl (C=O) groups excluding carboxylic acids is 2. The van der Waals surface area contributed by atoms with Crippen LogP contribution in [0.15, 0.2) is 60.7 Å². The van der Waals surface area contributed by atoms with Gasteiger partial charge in [0.15, 0.2) is 0 Å². The highest BCUT2D eigenvalue weighted by Crippen LogP contribution is 2.30. The molecule has 0 aromatic heterocycles. The SMILES string of the molecule is Cc1cc(C(C)c2ccc(OC(=O)c3ccc(C=O)cc3)c(C)c2)ccc1O. The van der Waals surface area contributed by atoms with Crippen LogP contribution < -0.4 is 4.74 Å². The summed E-state index contributed by atoms with van der Waals surface area (Å²) in [5, 5.41) is 9.72. The number of aldehydes is 1. The van der Waals surface area contributed by atoms with Gasteiger partial charge >= 0.3 is 5.97 Å². The first-order valence-corrected chi connectivity index (χ1v) is 9.06. The molecule has 0 amide bonds. The van der Waals surface area contributed by atoms with Crippen LogP contribution in [0.4, 0.5) is 0 Å². The molecule has 3 rings (SSSR count). The van der Waals surface area contributed by atoms with Gasteiger partial charge in [-0.3, -0.25) is 4.79 Å². The van der Waals surface area contributed by atoms with E-state index < -0.39 is 5.97 Å². The van der Waals surface area contributed by atoms with Crippen LogP contribution in [0.25, 0.3) is 0 Å². The molecule has 4 heteroatoms. The molecule has 4 nitrogen and oxygen atoms in total. The first-order valence-electron chi connectivity index (χ1n) is 9.06. The summed E-state index contributed by atoms with van der Waals surface area (Å²) in [5.41, 5.74) is 4.80. The number of phenolic OH excluding ortho intramolecular Hbond substituents is 1. The highest BCUT2D eigenvalue weighted by molar-refractivity contribution is 5.92. The monoisotopic (exact) mass is 374 g/mol. The number of carbonyl (C=O) groups is 2. The molecule has 0 saturated heterocycles. The number of aryl methyl sites for hydroxylation is 2. The van der Waals surface area contributed by atoms with E-state index in [2.05, 4.69) is 6.92 Å². The topological polar surface area (TPSA) is 63.6 Å². The second kappa shape index (κ2) is 8.09. The van der Waals surface area contributed by atoms with Gasteiger partial charge in [0, 0.05) is 11.5 Å². The Hall–Kier alpha value is -3.40. The maximum Gasteiger partial charge on any atom is 0.343 e. The van der Waals surface area contributed by atoms with Crippen molar-refractivity contribution in [1.29, 1.82) is 0 Å². The second-order valence-corrected chi connectivity index (χ2v) is 6.92. The highest BCUT2D eigenvalue weighted by Gasteiger charge is 2.14. The third-order valence-electron chi connectivity index (χ3n) is 4.90. The van der Waals surface area contributed by atoms with Crippen molar-refractivity contribution in [3.8, 4) is 11.5 Å². The average Bonchev–Trinajstić information content (AvgIpc) is 2.71. The number of ether oxygens (including phenoxy) is 1. The minimum Gasteiger partial charge on any atom is -0.508 e. The molecule has 0 aliphatic heterocycles. The van der Waals surface area contributed by atoms with Crippen LogP contribution in [0.1, 0.15) is 55.8 Å². The molecule has 0 radical (unpaired) electrons. The number of aromatic hydroxyl groups is 1. The molecule has 28 heavy (non-hydrogen) atoms. The van der Waals surface area contributed by atoms with Crippen molar-refractivity contribution in [2.24, 2.45) is 0 Å². The lowest BCUT2D eigenvalue weighted by molar-refractivity contribution is 0.0733. The molecule has 0 aliphatic carbocycles. The molecular formula is C24H22O4. The molecule has 1 atom stereocenters. The minimum absolute atomic E-state index is 0.138. The van der Waals surface area contributed by atoms with E-state index in [1.807, 2.05) is 38.1 Å². The van der Waals surface area contributed by atoms with E-state index in [-0.39, 0.29) is 11.7 Å². The molecule has 3 aromatic carbocycles. The fourth-order valence-corrected chi connectivity index (χ4v) is 3.05. The number of esters is 1. The van der Waals surface area contributed by atoms with E-state index in [0.29, 0.717) is 16.9 Å². The van der Waals surface area contributed by atoms with Gasteiger partial charge in [0.05, 0.1) is 5.56 Å². The van der Waals surface area contributed by atoms with E-state index in [1.165, 1.54) is 0 Å². The normalized spacial score (nSPS) is 11.7. The number of phenols is 1. The molecule has 3 aromatic rings. The summed E-state index contributed by atoms with van der Waals surface area (Å²) < 4.78 is 5.52. The van der Waals surface area contributed by atoms with Crippen molar-refractivity contribution >= 4 is 12.3 Å². The molecule has 142 valence electrons. The Morgan fingerprint density at radius 3 is 2.11 bits per heavy atom. The average molecular weight is 374 g/mol. The van der Waals surface area contributed by atoms with Crippen LogP contribution in [-0.4, -0.2) is 17.4 Å². The van der Waals surface area contributed by atoms with Crippen molar-refractivity contribution < 1.29 is 19.4 Å². The predicted octanol–water partition coefficient (Wildman–Crippen LogP) is 5.19. The van der Waals surface area contributed by atoms with E-state index in [4.69, 9.17) is 4.74 Å². The Labute approximate surface area is 164 Å². The lowest BCUT2D eigenvalue weighted by Gasteiger charge is -2.16. The Balaban J connectivity index is 1.78. The van der Waals surface area contributed by atoms with Gasteiger partial charge in [-0.2, -0.15) is 0 Å². The van der Waals surface area contributed by atoms with Crippen molar-refractivity contribution in [2.45, 2.75) is 26.7 Å². The quantitative estimate of drug-likeness (QED) is 0.379. The number of benzene rings is 3. The van der Waals surface area contributed by atoms with Crippen LogP contribution in [0.3, 0.4) is 0 Å². The number of hydrogen-bond donors (Lipinski definition) is 1. The Kier molecular flexibility index (Phi) is 5.59. The fourth-order valence-electron chi connectivity index (χ4n) is 3.05. The summed E-state index contributed by atoms with van der Waals surface area (Å²) in [5.74, 6) is 0.465. The van der Waals surface area contributed by atoms with Gasteiger partial charge in [0.1, 0.15) is 17.8 Å². The molecule has 0 bridgehead atoms. The third kappa shape index (κ3) is 4.12. The fraction of sp³-hybridized carbons (Fsp3) is 0.167. The van der Waals surface area contributed by atoms with Crippen molar-refractivity contribution in [3.05, 3.63) is 94.0 Å². The number of rotatable bonds is 5. The maximum atomic E-state index is 12.3. The molecule has 0 fully saturated rings. The van der Waals surface area contributed by atoms with Crippen molar-refractivity contribution in [2.75, 3.05) is 0 Å². The number of hydrogen-bond acceptors (Lipinski definition) is 4. The van der Waals surface area contributed by atoms with E-state index in [9.17, 15) is 14.7 Å². The van der Waals surface area contributed by atoms with Crippen molar-refractivity contribution in [3.63, 3.8) is 0 Å². The first kappa shape index (κ1) is 19.4. The Morgan fingerprint density at radius 1 is 0.929 bits per heavy atom.